The van der Waals surface area contributed by atoms with Crippen molar-refractivity contribution in [2.45, 2.75) is 77.9 Å². The lowest BCUT2D eigenvalue weighted by Gasteiger charge is -2.33. The molecular weight excluding hydrogens is 260 g/mol. The summed E-state index contributed by atoms with van der Waals surface area (Å²) in [4.78, 5) is 0. The molecule has 1 aromatic rings. The van der Waals surface area contributed by atoms with E-state index in [2.05, 4.69) is 46.8 Å². The number of aliphatic hydroxyl groups is 1. The van der Waals surface area contributed by atoms with E-state index in [0.29, 0.717) is 5.41 Å². The molecule has 1 aromatic carbocycles. The normalized spacial score (nSPS) is 23.3. The predicted octanol–water partition coefficient (Wildman–Crippen LogP) is 4.69. The predicted molar refractivity (Wildman–Crippen MR) is 87.8 cm³/mol. The van der Waals surface area contributed by atoms with E-state index < -0.39 is 0 Å². The molecule has 1 N–H and O–H groups in total. The first kappa shape index (κ1) is 16.4. The molecule has 0 bridgehead atoms. The van der Waals surface area contributed by atoms with Gasteiger partial charge in [-0.2, -0.15) is 0 Å². The van der Waals surface area contributed by atoms with Gasteiger partial charge in [0.15, 0.2) is 0 Å². The highest BCUT2D eigenvalue weighted by molar-refractivity contribution is 5.32. The summed E-state index contributed by atoms with van der Waals surface area (Å²) in [6, 6.07) is 8.43. The minimum absolute atomic E-state index is 0.0292. The first-order valence-corrected chi connectivity index (χ1v) is 8.13. The van der Waals surface area contributed by atoms with Gasteiger partial charge in [-0.25, -0.2) is 0 Å². The number of benzene rings is 1. The van der Waals surface area contributed by atoms with Crippen molar-refractivity contribution in [3.05, 3.63) is 29.8 Å². The lowest BCUT2D eigenvalue weighted by Crippen LogP contribution is -2.26. The number of hydrogen-bond acceptors (Lipinski definition) is 2. The highest BCUT2D eigenvalue weighted by atomic mass is 16.5. The molecule has 0 heterocycles. The molecule has 2 heteroatoms. The van der Waals surface area contributed by atoms with Gasteiger partial charge in [-0.3, -0.25) is 0 Å². The van der Waals surface area contributed by atoms with Gasteiger partial charge in [0, 0.05) is 0 Å². The molecule has 0 unspecified atom stereocenters. The molecule has 1 aliphatic rings. The number of rotatable bonds is 4. The van der Waals surface area contributed by atoms with Crippen LogP contribution < -0.4 is 4.74 Å². The molecule has 0 amide bonds. The van der Waals surface area contributed by atoms with E-state index in [0.717, 1.165) is 31.4 Å². The Labute approximate surface area is 129 Å². The van der Waals surface area contributed by atoms with Gasteiger partial charge in [0.1, 0.15) is 11.9 Å². The minimum atomic E-state index is -0.304. The third kappa shape index (κ3) is 4.47. The van der Waals surface area contributed by atoms with Crippen LogP contribution in [0.1, 0.15) is 65.9 Å². The summed E-state index contributed by atoms with van der Waals surface area (Å²) in [5.74, 6) is 0.872. The minimum Gasteiger partial charge on any atom is -0.488 e. The van der Waals surface area contributed by atoms with Crippen LogP contribution in [0.2, 0.25) is 0 Å². The molecule has 1 saturated carbocycles. The van der Waals surface area contributed by atoms with E-state index in [1.807, 2.05) is 12.1 Å². The molecule has 0 aromatic heterocycles. The smallest absolute Gasteiger partial charge is 0.124 e. The number of aliphatic hydroxyl groups excluding tert-OH is 1. The fraction of sp³-hybridized carbons (Fsp3) is 0.684. The van der Waals surface area contributed by atoms with Crippen LogP contribution >= 0.6 is 0 Å². The monoisotopic (exact) mass is 290 g/mol. The molecular formula is C19H30O2. The zero-order chi connectivity index (χ0) is 15.7. The highest BCUT2D eigenvalue weighted by Gasteiger charge is 2.28. The maximum absolute atomic E-state index is 9.84. The van der Waals surface area contributed by atoms with Gasteiger partial charge in [0.25, 0.3) is 0 Å². The van der Waals surface area contributed by atoms with Gasteiger partial charge in [-0.05, 0) is 54.2 Å². The molecule has 21 heavy (non-hydrogen) atoms. The molecule has 2 nitrogen and oxygen atoms in total. The number of hydrogen-bond donors (Lipinski definition) is 1. The van der Waals surface area contributed by atoms with Crippen LogP contribution in [-0.2, 0) is 5.41 Å². The fourth-order valence-corrected chi connectivity index (χ4v) is 3.63. The Balaban J connectivity index is 2.04. The molecule has 0 saturated heterocycles. The summed E-state index contributed by atoms with van der Waals surface area (Å²) in [6.45, 7) is 11.5. The summed E-state index contributed by atoms with van der Waals surface area (Å²) in [5, 5.41) is 9.84. The van der Waals surface area contributed by atoms with Crippen molar-refractivity contribution in [1.29, 1.82) is 0 Å². The van der Waals surface area contributed by atoms with Gasteiger partial charge >= 0.3 is 0 Å². The van der Waals surface area contributed by atoms with Crippen molar-refractivity contribution in [2.75, 3.05) is 0 Å². The first-order chi connectivity index (χ1) is 9.67. The molecule has 118 valence electrons. The summed E-state index contributed by atoms with van der Waals surface area (Å²) >= 11 is 0. The summed E-state index contributed by atoms with van der Waals surface area (Å²) in [6.07, 6.45) is 3.68. The quantitative estimate of drug-likeness (QED) is 0.871. The van der Waals surface area contributed by atoms with E-state index in [9.17, 15) is 5.11 Å². The molecule has 2 rings (SSSR count). The maximum atomic E-state index is 9.84. The molecule has 0 spiro atoms. The summed E-state index contributed by atoms with van der Waals surface area (Å²) in [7, 11) is 0. The van der Waals surface area contributed by atoms with Gasteiger partial charge in [0.2, 0.25) is 0 Å². The number of ether oxygens (including phenoxy) is 1. The van der Waals surface area contributed by atoms with E-state index in [1.54, 1.807) is 0 Å². The average molecular weight is 290 g/mol. The third-order valence-corrected chi connectivity index (χ3v) is 4.31. The first-order valence-electron chi connectivity index (χ1n) is 8.13. The van der Waals surface area contributed by atoms with Crippen LogP contribution in [-0.4, -0.2) is 17.3 Å². The topological polar surface area (TPSA) is 29.5 Å². The zero-order valence-electron chi connectivity index (χ0n) is 14.1. The average Bonchev–Trinajstić information content (AvgIpc) is 2.73. The van der Waals surface area contributed by atoms with Crippen molar-refractivity contribution in [3.8, 4) is 5.75 Å². The van der Waals surface area contributed by atoms with Gasteiger partial charge in [0.05, 0.1) is 6.10 Å². The Hall–Kier alpha value is -1.02. The van der Waals surface area contributed by atoms with Crippen LogP contribution in [0, 0.1) is 5.41 Å². The molecule has 0 radical (unpaired) electrons. The van der Waals surface area contributed by atoms with Crippen molar-refractivity contribution in [3.63, 3.8) is 0 Å². The van der Waals surface area contributed by atoms with E-state index in [-0.39, 0.29) is 17.6 Å². The van der Waals surface area contributed by atoms with E-state index >= 15 is 0 Å². The van der Waals surface area contributed by atoms with Gasteiger partial charge in [-0.1, -0.05) is 46.8 Å². The van der Waals surface area contributed by atoms with Gasteiger partial charge < -0.3 is 9.84 Å². The molecule has 0 aliphatic heterocycles. The SMILES string of the molecule is CC(C)(C)CC(C)(C)c1ccc(O[C@@H]2CCC[C@H]2O)cc1. The van der Waals surface area contributed by atoms with Crippen LogP contribution in [0.3, 0.4) is 0 Å². The molecule has 2 atom stereocenters. The van der Waals surface area contributed by atoms with Crippen molar-refractivity contribution in [2.24, 2.45) is 5.41 Å². The Morgan fingerprint density at radius 1 is 1.05 bits per heavy atom. The van der Waals surface area contributed by atoms with Crippen LogP contribution in [0.5, 0.6) is 5.75 Å². The highest BCUT2D eigenvalue weighted by Crippen LogP contribution is 2.37. The van der Waals surface area contributed by atoms with Crippen LogP contribution in [0.4, 0.5) is 0 Å². The standard InChI is InChI=1S/C19H30O2/c1-18(2,3)13-19(4,5)14-9-11-15(12-10-14)21-17-8-6-7-16(17)20/h9-12,16-17,20H,6-8,13H2,1-5H3/t16-,17-/m1/s1. The molecule has 1 aliphatic carbocycles. The Kier molecular flexibility index (Phi) is 4.67. The van der Waals surface area contributed by atoms with Crippen molar-refractivity contribution >= 4 is 0 Å². The van der Waals surface area contributed by atoms with Crippen molar-refractivity contribution < 1.29 is 9.84 Å². The van der Waals surface area contributed by atoms with Crippen molar-refractivity contribution in [1.82, 2.24) is 0 Å². The third-order valence-electron chi connectivity index (χ3n) is 4.31. The summed E-state index contributed by atoms with van der Waals surface area (Å²) in [5.41, 5.74) is 1.81. The Bertz CT molecular complexity index is 453. The zero-order valence-corrected chi connectivity index (χ0v) is 14.1. The second-order valence-electron chi connectivity index (χ2n) is 8.30. The maximum Gasteiger partial charge on any atom is 0.124 e. The lowest BCUT2D eigenvalue weighted by molar-refractivity contribution is 0.0604. The van der Waals surface area contributed by atoms with E-state index in [4.69, 9.17) is 4.74 Å². The second kappa shape index (κ2) is 6.00. The Morgan fingerprint density at radius 2 is 1.67 bits per heavy atom. The van der Waals surface area contributed by atoms with Crippen LogP contribution in [0.25, 0.3) is 0 Å². The second-order valence-corrected chi connectivity index (χ2v) is 8.30. The van der Waals surface area contributed by atoms with Crippen LogP contribution in [0.15, 0.2) is 24.3 Å². The summed E-state index contributed by atoms with van der Waals surface area (Å²) < 4.78 is 5.91. The molecule has 1 fully saturated rings. The largest absolute Gasteiger partial charge is 0.488 e. The fourth-order valence-electron chi connectivity index (χ4n) is 3.63. The van der Waals surface area contributed by atoms with Gasteiger partial charge in [-0.15, -0.1) is 0 Å². The van der Waals surface area contributed by atoms with E-state index in [1.165, 1.54) is 5.56 Å². The Morgan fingerprint density at radius 3 is 2.14 bits per heavy atom. The lowest BCUT2D eigenvalue weighted by atomic mass is 9.72.